The second-order valence-electron chi connectivity index (χ2n) is 8.23. The molecule has 0 bridgehead atoms. The summed E-state index contributed by atoms with van der Waals surface area (Å²) in [6.45, 7) is 1.82. The van der Waals surface area contributed by atoms with Gasteiger partial charge in [-0.25, -0.2) is 9.36 Å². The number of aromatic hydroxyl groups is 1. The van der Waals surface area contributed by atoms with Crippen molar-refractivity contribution in [3.05, 3.63) is 99.9 Å². The smallest absolute Gasteiger partial charge is 0.497 e. The third-order valence-corrected chi connectivity index (χ3v) is 5.70. The van der Waals surface area contributed by atoms with Gasteiger partial charge in [-0.1, -0.05) is 12.1 Å². The topological polar surface area (TPSA) is 108 Å². The van der Waals surface area contributed by atoms with Crippen LogP contribution in [0.15, 0.2) is 71.7 Å². The number of hydrogen-bond donors (Lipinski definition) is 2. The van der Waals surface area contributed by atoms with E-state index < -0.39 is 23.7 Å². The first-order chi connectivity index (χ1) is 18.1. The monoisotopic (exact) mass is 528 g/mol. The Hall–Kier alpha value is -4.74. The molecule has 0 aliphatic rings. The third kappa shape index (κ3) is 5.97. The number of benzene rings is 2. The number of rotatable bonds is 8. The van der Waals surface area contributed by atoms with Gasteiger partial charge in [-0.15, -0.1) is 13.2 Å². The summed E-state index contributed by atoms with van der Waals surface area (Å²) < 4.78 is 48.5. The van der Waals surface area contributed by atoms with Crippen molar-refractivity contribution >= 4 is 5.91 Å². The zero-order valence-corrected chi connectivity index (χ0v) is 20.3. The van der Waals surface area contributed by atoms with Gasteiger partial charge in [0.1, 0.15) is 17.2 Å². The molecular weight excluding hydrogens is 505 g/mol. The van der Waals surface area contributed by atoms with Crippen LogP contribution in [-0.2, 0) is 13.1 Å². The molecular formula is C26H23F3N4O5. The van der Waals surface area contributed by atoms with E-state index >= 15 is 0 Å². The average molecular weight is 528 g/mol. The Bertz CT molecular complexity index is 1490. The van der Waals surface area contributed by atoms with Gasteiger partial charge in [0, 0.05) is 12.7 Å². The van der Waals surface area contributed by atoms with Crippen LogP contribution in [0, 0.1) is 6.92 Å². The van der Waals surface area contributed by atoms with Crippen LogP contribution < -0.4 is 20.5 Å². The molecule has 38 heavy (non-hydrogen) atoms. The molecule has 0 saturated carbocycles. The van der Waals surface area contributed by atoms with E-state index in [1.807, 2.05) is 12.1 Å². The summed E-state index contributed by atoms with van der Waals surface area (Å²) in [6, 6.07) is 14.9. The van der Waals surface area contributed by atoms with E-state index in [1.54, 1.807) is 25.3 Å². The van der Waals surface area contributed by atoms with E-state index in [1.165, 1.54) is 35.9 Å². The first-order valence-corrected chi connectivity index (χ1v) is 11.3. The molecule has 2 aromatic heterocycles. The Morgan fingerprint density at radius 1 is 1.03 bits per heavy atom. The number of pyridine rings is 1. The number of imidazole rings is 1. The molecule has 12 heteroatoms. The first-order valence-electron chi connectivity index (χ1n) is 11.3. The van der Waals surface area contributed by atoms with Gasteiger partial charge in [-0.05, 0) is 66.6 Å². The lowest BCUT2D eigenvalue weighted by Gasteiger charge is -2.09. The molecule has 0 unspecified atom stereocenters. The number of hydrogen-bond acceptors (Lipinski definition) is 6. The van der Waals surface area contributed by atoms with Crippen molar-refractivity contribution in [2.75, 3.05) is 7.11 Å². The molecule has 2 N–H and O–H groups in total. The molecule has 0 aliphatic heterocycles. The zero-order chi connectivity index (χ0) is 27.4. The molecule has 2 heterocycles. The van der Waals surface area contributed by atoms with Gasteiger partial charge in [0.2, 0.25) is 5.88 Å². The van der Waals surface area contributed by atoms with E-state index in [9.17, 15) is 27.9 Å². The Morgan fingerprint density at radius 3 is 2.32 bits per heavy atom. The maximum Gasteiger partial charge on any atom is 0.573 e. The number of aromatic nitrogens is 3. The Labute approximate surface area is 214 Å². The second kappa shape index (κ2) is 10.7. The molecule has 9 nitrogen and oxygen atoms in total. The van der Waals surface area contributed by atoms with Crippen molar-refractivity contribution in [2.45, 2.75) is 26.4 Å². The van der Waals surface area contributed by atoms with E-state index in [0.29, 0.717) is 11.3 Å². The lowest BCUT2D eigenvalue weighted by molar-refractivity contribution is -0.274. The minimum absolute atomic E-state index is 0.0156. The van der Waals surface area contributed by atoms with Crippen LogP contribution in [0.4, 0.5) is 13.2 Å². The maximum atomic E-state index is 13.1. The molecule has 0 radical (unpaired) electrons. The summed E-state index contributed by atoms with van der Waals surface area (Å²) >= 11 is 0. The molecule has 198 valence electrons. The van der Waals surface area contributed by atoms with E-state index in [-0.39, 0.29) is 36.0 Å². The van der Waals surface area contributed by atoms with Gasteiger partial charge in [-0.3, -0.25) is 14.3 Å². The van der Waals surface area contributed by atoms with Crippen LogP contribution in [0.25, 0.3) is 5.69 Å². The number of ether oxygens (including phenoxy) is 2. The van der Waals surface area contributed by atoms with E-state index in [0.717, 1.165) is 22.3 Å². The summed E-state index contributed by atoms with van der Waals surface area (Å²) in [6.07, 6.45) is -3.41. The predicted molar refractivity (Wildman–Crippen MR) is 131 cm³/mol. The van der Waals surface area contributed by atoms with Crippen molar-refractivity contribution in [1.82, 2.24) is 19.4 Å². The van der Waals surface area contributed by atoms with Crippen molar-refractivity contribution in [3.63, 3.8) is 0 Å². The number of carbonyl (C=O) groups is 1. The SMILES string of the molecule is COc1ccc(CNC(=O)c2cc(Cn3c(C)c(O)n(-c4ccc(OC(F)(F)F)cc4)c3=O)ccn2)cc1. The normalized spacial score (nSPS) is 11.3. The molecule has 2 aromatic carbocycles. The number of nitrogens with zero attached hydrogens (tertiary/aromatic N) is 3. The summed E-state index contributed by atoms with van der Waals surface area (Å²) in [5, 5.41) is 13.4. The fraction of sp³-hybridized carbons (Fsp3) is 0.192. The van der Waals surface area contributed by atoms with Crippen molar-refractivity contribution in [2.24, 2.45) is 0 Å². The largest absolute Gasteiger partial charge is 0.573 e. The van der Waals surface area contributed by atoms with Gasteiger partial charge in [0.05, 0.1) is 25.0 Å². The number of halogens is 3. The van der Waals surface area contributed by atoms with Crippen LogP contribution in [0.5, 0.6) is 17.4 Å². The van der Waals surface area contributed by atoms with Gasteiger partial charge in [-0.2, -0.15) is 0 Å². The Balaban J connectivity index is 1.50. The van der Waals surface area contributed by atoms with E-state index in [2.05, 4.69) is 15.0 Å². The van der Waals surface area contributed by atoms with Crippen LogP contribution in [0.3, 0.4) is 0 Å². The van der Waals surface area contributed by atoms with Gasteiger partial charge < -0.3 is 19.9 Å². The molecule has 0 spiro atoms. The third-order valence-electron chi connectivity index (χ3n) is 5.70. The second-order valence-corrected chi connectivity index (χ2v) is 8.23. The average Bonchev–Trinajstić information content (AvgIpc) is 3.10. The summed E-state index contributed by atoms with van der Waals surface area (Å²) in [5.41, 5.74) is 1.35. The Morgan fingerprint density at radius 2 is 1.68 bits per heavy atom. The highest BCUT2D eigenvalue weighted by Crippen LogP contribution is 2.26. The number of nitrogens with one attached hydrogen (secondary N) is 1. The number of carbonyl (C=O) groups excluding carboxylic acids is 1. The number of methoxy groups -OCH3 is 1. The maximum absolute atomic E-state index is 13.1. The molecule has 4 aromatic rings. The minimum Gasteiger partial charge on any atom is -0.497 e. The molecule has 0 saturated heterocycles. The van der Waals surface area contributed by atoms with Crippen molar-refractivity contribution in [1.29, 1.82) is 0 Å². The predicted octanol–water partition coefficient (Wildman–Crippen LogP) is 3.93. The summed E-state index contributed by atoms with van der Waals surface area (Å²) in [7, 11) is 1.57. The van der Waals surface area contributed by atoms with Gasteiger partial charge >= 0.3 is 12.1 Å². The standard InChI is InChI=1S/C26H23F3N4O5/c1-16-24(35)33(19-5-9-21(10-6-19)38-26(27,28)29)25(36)32(16)15-18-11-12-30-22(13-18)23(34)31-14-17-3-7-20(37-2)8-4-17/h3-13,35H,14-15H2,1-2H3,(H,31,34). The van der Waals surface area contributed by atoms with Crippen LogP contribution in [0.2, 0.25) is 0 Å². The molecule has 4 rings (SSSR count). The Kier molecular flexibility index (Phi) is 7.42. The number of alkyl halides is 3. The molecule has 1 amide bonds. The fourth-order valence-electron chi connectivity index (χ4n) is 3.75. The summed E-state index contributed by atoms with van der Waals surface area (Å²) in [4.78, 5) is 29.9. The molecule has 0 atom stereocenters. The number of amides is 1. The van der Waals surface area contributed by atoms with Crippen LogP contribution in [0.1, 0.15) is 27.3 Å². The van der Waals surface area contributed by atoms with Crippen molar-refractivity contribution in [3.8, 4) is 23.1 Å². The first kappa shape index (κ1) is 26.3. The van der Waals surface area contributed by atoms with E-state index in [4.69, 9.17) is 4.74 Å². The molecule has 0 aliphatic carbocycles. The minimum atomic E-state index is -4.85. The lowest BCUT2D eigenvalue weighted by Crippen LogP contribution is -2.25. The highest BCUT2D eigenvalue weighted by Gasteiger charge is 2.31. The zero-order valence-electron chi connectivity index (χ0n) is 20.3. The van der Waals surface area contributed by atoms with Crippen LogP contribution >= 0.6 is 0 Å². The molecule has 0 fully saturated rings. The van der Waals surface area contributed by atoms with Crippen LogP contribution in [-0.4, -0.2) is 38.6 Å². The quantitative estimate of drug-likeness (QED) is 0.359. The fourth-order valence-corrected chi connectivity index (χ4v) is 3.75. The van der Waals surface area contributed by atoms with Gasteiger partial charge in [0.25, 0.3) is 5.91 Å². The van der Waals surface area contributed by atoms with Crippen molar-refractivity contribution < 1.29 is 32.5 Å². The highest BCUT2D eigenvalue weighted by molar-refractivity contribution is 5.92. The summed E-state index contributed by atoms with van der Waals surface area (Å²) in [5.74, 6) is -0.536. The van der Waals surface area contributed by atoms with Gasteiger partial charge in [0.15, 0.2) is 0 Å². The highest BCUT2D eigenvalue weighted by atomic mass is 19.4. The lowest BCUT2D eigenvalue weighted by atomic mass is 10.2.